The van der Waals surface area contributed by atoms with Gasteiger partial charge in [0.25, 0.3) is 0 Å². The number of methoxy groups -OCH3 is 1. The van der Waals surface area contributed by atoms with Crippen LogP contribution in [-0.4, -0.2) is 72.2 Å². The van der Waals surface area contributed by atoms with Crippen molar-refractivity contribution in [3.63, 3.8) is 0 Å². The van der Waals surface area contributed by atoms with E-state index in [0.29, 0.717) is 45.4 Å². The van der Waals surface area contributed by atoms with Gasteiger partial charge in [-0.3, -0.25) is 9.59 Å². The van der Waals surface area contributed by atoms with Crippen LogP contribution in [0.3, 0.4) is 0 Å². The summed E-state index contributed by atoms with van der Waals surface area (Å²) in [5, 5.41) is 15.0. The van der Waals surface area contributed by atoms with E-state index in [1.54, 1.807) is 16.2 Å². The van der Waals surface area contributed by atoms with Crippen molar-refractivity contribution in [2.45, 2.75) is 31.3 Å². The molecule has 2 saturated heterocycles. The number of ether oxygens (including phenoxy) is 1. The van der Waals surface area contributed by atoms with Gasteiger partial charge in [0.15, 0.2) is 0 Å². The summed E-state index contributed by atoms with van der Waals surface area (Å²) in [6, 6.07) is 2.05. The molecule has 3 rings (SSSR count). The molecule has 2 aliphatic rings. The Kier molecular flexibility index (Phi) is 5.76. The largest absolute Gasteiger partial charge is 0.389 e. The lowest BCUT2D eigenvalue weighted by molar-refractivity contribution is -0.155. The maximum absolute atomic E-state index is 12.5. The number of piperidine rings is 2. The Hall–Kier alpha value is -1.44. The van der Waals surface area contributed by atoms with E-state index in [9.17, 15) is 14.7 Å². The lowest BCUT2D eigenvalue weighted by atomic mass is 9.75. The van der Waals surface area contributed by atoms with Gasteiger partial charge in [0.2, 0.25) is 11.8 Å². The molecule has 0 unspecified atom stereocenters. The summed E-state index contributed by atoms with van der Waals surface area (Å²) in [7, 11) is 1.51. The van der Waals surface area contributed by atoms with E-state index in [1.165, 1.54) is 12.7 Å². The molecule has 0 radical (unpaired) electrons. The van der Waals surface area contributed by atoms with E-state index in [-0.39, 0.29) is 24.3 Å². The van der Waals surface area contributed by atoms with Gasteiger partial charge >= 0.3 is 0 Å². The Morgan fingerprint density at radius 3 is 2.56 bits per heavy atom. The summed E-state index contributed by atoms with van der Waals surface area (Å²) in [5.41, 5.74) is 0.439. The van der Waals surface area contributed by atoms with Crippen LogP contribution in [0.4, 0.5) is 0 Å². The maximum Gasteiger partial charge on any atom is 0.248 e. The number of rotatable bonds is 5. The van der Waals surface area contributed by atoms with Crippen LogP contribution < -0.4 is 0 Å². The fraction of sp³-hybridized carbons (Fsp3) is 0.667. The summed E-state index contributed by atoms with van der Waals surface area (Å²) >= 11 is 1.64. The average Bonchev–Trinajstić information content (AvgIpc) is 3.12. The smallest absolute Gasteiger partial charge is 0.248 e. The van der Waals surface area contributed by atoms with Crippen molar-refractivity contribution in [1.82, 2.24) is 9.80 Å². The molecule has 1 N–H and O–H groups in total. The first-order valence-corrected chi connectivity index (χ1v) is 9.74. The van der Waals surface area contributed by atoms with E-state index in [4.69, 9.17) is 4.74 Å². The normalized spacial score (nSPS) is 26.4. The average molecular weight is 366 g/mol. The molecule has 0 saturated carbocycles. The molecule has 0 bridgehead atoms. The lowest BCUT2D eigenvalue weighted by Gasteiger charge is -2.50. The van der Waals surface area contributed by atoms with Crippen molar-refractivity contribution in [2.75, 3.05) is 39.9 Å². The monoisotopic (exact) mass is 366 g/mol. The number of amides is 2. The van der Waals surface area contributed by atoms with Crippen molar-refractivity contribution < 1.29 is 19.4 Å². The molecule has 3 heterocycles. The summed E-state index contributed by atoms with van der Waals surface area (Å²) < 4.78 is 4.93. The van der Waals surface area contributed by atoms with Crippen LogP contribution in [0.1, 0.15) is 24.8 Å². The molecule has 0 aliphatic carbocycles. The van der Waals surface area contributed by atoms with Crippen molar-refractivity contribution >= 4 is 23.2 Å². The van der Waals surface area contributed by atoms with E-state index >= 15 is 0 Å². The minimum Gasteiger partial charge on any atom is -0.389 e. The SMILES string of the molecule is COCC(=O)N1CC[C@@]2(O)CCN(C(=O)CCc3ccsc3)C[C@H]2C1. The highest BCUT2D eigenvalue weighted by Crippen LogP contribution is 2.35. The molecule has 25 heavy (non-hydrogen) atoms. The molecule has 2 amide bonds. The first-order chi connectivity index (χ1) is 12.0. The molecule has 2 aliphatic heterocycles. The summed E-state index contributed by atoms with van der Waals surface area (Å²) in [5.74, 6) is -0.0000436. The van der Waals surface area contributed by atoms with Crippen LogP contribution in [0.2, 0.25) is 0 Å². The molecule has 0 aromatic carbocycles. The minimum absolute atomic E-state index is 0.0505. The predicted molar refractivity (Wildman–Crippen MR) is 95.3 cm³/mol. The van der Waals surface area contributed by atoms with E-state index in [0.717, 1.165) is 6.42 Å². The fourth-order valence-electron chi connectivity index (χ4n) is 3.81. The highest BCUT2D eigenvalue weighted by Gasteiger charge is 2.46. The molecule has 7 heteroatoms. The van der Waals surface area contributed by atoms with E-state index in [1.807, 2.05) is 16.3 Å². The fourth-order valence-corrected chi connectivity index (χ4v) is 4.52. The first kappa shape index (κ1) is 18.4. The van der Waals surface area contributed by atoms with E-state index in [2.05, 4.69) is 5.38 Å². The highest BCUT2D eigenvalue weighted by atomic mass is 32.1. The Morgan fingerprint density at radius 1 is 1.28 bits per heavy atom. The lowest BCUT2D eigenvalue weighted by Crippen LogP contribution is -2.61. The molecule has 2 atom stereocenters. The number of hydrogen-bond acceptors (Lipinski definition) is 5. The first-order valence-electron chi connectivity index (χ1n) is 8.80. The Balaban J connectivity index is 1.57. The minimum atomic E-state index is -0.756. The van der Waals surface area contributed by atoms with Crippen molar-refractivity contribution in [3.05, 3.63) is 22.4 Å². The van der Waals surface area contributed by atoms with Gasteiger partial charge in [-0.05, 0) is 41.7 Å². The third-order valence-electron chi connectivity index (χ3n) is 5.45. The van der Waals surface area contributed by atoms with Crippen LogP contribution in [0.5, 0.6) is 0 Å². The second kappa shape index (κ2) is 7.85. The molecular formula is C18H26N2O4S. The van der Waals surface area contributed by atoms with Gasteiger partial charge in [0.1, 0.15) is 6.61 Å². The second-order valence-electron chi connectivity index (χ2n) is 7.04. The number of nitrogens with zero attached hydrogens (tertiary/aromatic N) is 2. The van der Waals surface area contributed by atoms with Crippen LogP contribution in [0, 0.1) is 5.92 Å². The van der Waals surface area contributed by atoms with Gasteiger partial charge in [0, 0.05) is 45.6 Å². The molecule has 2 fully saturated rings. The van der Waals surface area contributed by atoms with Crippen molar-refractivity contribution in [2.24, 2.45) is 5.92 Å². The molecule has 1 aromatic heterocycles. The third-order valence-corrected chi connectivity index (χ3v) is 6.18. The quantitative estimate of drug-likeness (QED) is 0.848. The number of thiophene rings is 1. The zero-order valence-electron chi connectivity index (χ0n) is 14.6. The highest BCUT2D eigenvalue weighted by molar-refractivity contribution is 7.07. The molecular weight excluding hydrogens is 340 g/mol. The standard InChI is InChI=1S/C18H26N2O4S/c1-24-12-17(22)20-8-6-18(23)5-7-19(10-15(18)11-20)16(21)3-2-14-4-9-25-13-14/h4,9,13,15,23H,2-3,5-8,10-12H2,1H3/t15-,18-/m0/s1. The van der Waals surface area contributed by atoms with Gasteiger partial charge in [-0.1, -0.05) is 0 Å². The van der Waals surface area contributed by atoms with Gasteiger partial charge < -0.3 is 19.6 Å². The van der Waals surface area contributed by atoms with Crippen LogP contribution in [0.15, 0.2) is 16.8 Å². The number of carbonyl (C=O) groups is 2. The summed E-state index contributed by atoms with van der Waals surface area (Å²) in [6.45, 7) is 2.24. The zero-order chi connectivity index (χ0) is 17.9. The number of hydrogen-bond donors (Lipinski definition) is 1. The summed E-state index contributed by atoms with van der Waals surface area (Å²) in [4.78, 5) is 28.2. The number of fused-ring (bicyclic) bond motifs is 1. The van der Waals surface area contributed by atoms with Gasteiger partial charge in [-0.15, -0.1) is 0 Å². The van der Waals surface area contributed by atoms with E-state index < -0.39 is 5.60 Å². The summed E-state index contributed by atoms with van der Waals surface area (Å²) in [6.07, 6.45) is 2.42. The number of aryl methyl sites for hydroxylation is 1. The van der Waals surface area contributed by atoms with Crippen LogP contribution in [-0.2, 0) is 20.7 Å². The second-order valence-corrected chi connectivity index (χ2v) is 7.82. The zero-order valence-corrected chi connectivity index (χ0v) is 15.5. The maximum atomic E-state index is 12.5. The third kappa shape index (κ3) is 4.22. The molecule has 1 aromatic rings. The molecule has 6 nitrogen and oxygen atoms in total. The number of likely N-dealkylation sites (tertiary alicyclic amines) is 2. The molecule has 0 spiro atoms. The topological polar surface area (TPSA) is 70.1 Å². The molecule has 138 valence electrons. The van der Waals surface area contributed by atoms with Gasteiger partial charge in [0.05, 0.1) is 5.60 Å². The Bertz CT molecular complexity index is 606. The van der Waals surface area contributed by atoms with Crippen LogP contribution >= 0.6 is 11.3 Å². The number of carbonyl (C=O) groups excluding carboxylic acids is 2. The predicted octanol–water partition coefficient (Wildman–Crippen LogP) is 1.14. The van der Waals surface area contributed by atoms with Gasteiger partial charge in [-0.25, -0.2) is 0 Å². The van der Waals surface area contributed by atoms with Gasteiger partial charge in [-0.2, -0.15) is 11.3 Å². The Morgan fingerprint density at radius 2 is 1.96 bits per heavy atom. The van der Waals surface area contributed by atoms with Crippen LogP contribution in [0.25, 0.3) is 0 Å². The number of aliphatic hydroxyl groups is 1. The Labute approximate surface area is 152 Å². The van der Waals surface area contributed by atoms with Crippen molar-refractivity contribution in [1.29, 1.82) is 0 Å². The van der Waals surface area contributed by atoms with Crippen molar-refractivity contribution in [3.8, 4) is 0 Å².